The van der Waals surface area contributed by atoms with Crippen LogP contribution in [0.15, 0.2) is 47.5 Å². The Labute approximate surface area is 207 Å². The topological polar surface area (TPSA) is 103 Å². The van der Waals surface area contributed by atoms with Crippen LogP contribution >= 0.6 is 0 Å². The predicted octanol–water partition coefficient (Wildman–Crippen LogP) is 2.62. The first-order chi connectivity index (χ1) is 17.0. The van der Waals surface area contributed by atoms with Crippen molar-refractivity contribution in [1.29, 1.82) is 0 Å². The predicted molar refractivity (Wildman–Crippen MR) is 125 cm³/mol. The lowest BCUT2D eigenvalue weighted by Crippen LogP contribution is -2.46. The number of hydrogen-bond acceptors (Lipinski definition) is 7. The summed E-state index contributed by atoms with van der Waals surface area (Å²) in [6.07, 6.45) is -2.12. The number of hydrogen-bond donors (Lipinski definition) is 1. The molecule has 9 nitrogen and oxygen atoms in total. The van der Waals surface area contributed by atoms with Gasteiger partial charge in [-0.2, -0.15) is 4.31 Å². The van der Waals surface area contributed by atoms with E-state index in [4.69, 9.17) is 0 Å². The summed E-state index contributed by atoms with van der Waals surface area (Å²) in [7, 11) is -2.24. The molecule has 13 heteroatoms. The molecule has 1 N–H and O–H groups in total. The number of anilines is 2. The van der Waals surface area contributed by atoms with Crippen LogP contribution in [0.1, 0.15) is 19.3 Å². The van der Waals surface area contributed by atoms with E-state index in [1.165, 1.54) is 39.7 Å². The van der Waals surface area contributed by atoms with Crippen LogP contribution in [0.3, 0.4) is 0 Å². The highest BCUT2D eigenvalue weighted by atomic mass is 32.2. The molecule has 0 saturated carbocycles. The Hall–Kier alpha value is -2.90. The summed E-state index contributed by atoms with van der Waals surface area (Å²) in [5, 5.41) is 9.23. The molecular weight excluding hydrogens is 501 g/mol. The third kappa shape index (κ3) is 5.13. The molecule has 2 aliphatic heterocycles. The molecule has 2 aliphatic rings. The van der Waals surface area contributed by atoms with E-state index in [-0.39, 0.29) is 48.6 Å². The van der Waals surface area contributed by atoms with Crippen molar-refractivity contribution in [3.63, 3.8) is 0 Å². The molecule has 1 amide bonds. The van der Waals surface area contributed by atoms with Crippen molar-refractivity contribution in [3.8, 4) is 5.75 Å². The molecule has 2 aromatic rings. The van der Waals surface area contributed by atoms with Crippen molar-refractivity contribution in [2.45, 2.75) is 30.5 Å². The summed E-state index contributed by atoms with van der Waals surface area (Å²) in [6, 6.07) is 8.16. The van der Waals surface area contributed by atoms with Crippen LogP contribution in [0.4, 0.5) is 24.7 Å². The van der Waals surface area contributed by atoms with Crippen LogP contribution in [-0.2, 0) is 14.8 Å². The number of nitrogens with zero attached hydrogens (tertiary/aromatic N) is 4. The van der Waals surface area contributed by atoms with Crippen LogP contribution in [0.2, 0.25) is 0 Å². The molecule has 1 aromatic heterocycles. The van der Waals surface area contributed by atoms with Gasteiger partial charge in [0, 0.05) is 45.1 Å². The quantitative estimate of drug-likeness (QED) is 0.589. The molecule has 0 bridgehead atoms. The summed E-state index contributed by atoms with van der Waals surface area (Å²) < 4.78 is 69.3. The Bertz CT molecular complexity index is 1200. The number of likely N-dealkylation sites (N-methyl/N-ethyl adjacent to an activating group) is 1. The highest BCUT2D eigenvalue weighted by molar-refractivity contribution is 7.89. The van der Waals surface area contributed by atoms with Crippen molar-refractivity contribution < 1.29 is 36.2 Å². The van der Waals surface area contributed by atoms with Gasteiger partial charge in [0.1, 0.15) is 16.5 Å². The van der Waals surface area contributed by atoms with Gasteiger partial charge in [-0.3, -0.25) is 4.79 Å². The second-order valence-corrected chi connectivity index (χ2v) is 10.8. The van der Waals surface area contributed by atoms with Crippen LogP contribution in [0.25, 0.3) is 0 Å². The van der Waals surface area contributed by atoms with Gasteiger partial charge in [-0.05, 0) is 55.7 Å². The van der Waals surface area contributed by atoms with Gasteiger partial charge >= 0.3 is 6.36 Å². The van der Waals surface area contributed by atoms with Gasteiger partial charge in [0.2, 0.25) is 15.9 Å². The maximum Gasteiger partial charge on any atom is 0.573 e. The number of halogens is 3. The summed E-state index contributed by atoms with van der Waals surface area (Å²) in [4.78, 5) is 20.7. The number of piperidine rings is 1. The van der Waals surface area contributed by atoms with E-state index >= 15 is 0 Å². The highest BCUT2D eigenvalue weighted by Crippen LogP contribution is 2.44. The number of carbonyl (C=O) groups excluding carboxylic acids is 1. The van der Waals surface area contributed by atoms with Gasteiger partial charge in [0.15, 0.2) is 0 Å². The fraction of sp³-hybridized carbons (Fsp3) is 0.478. The lowest BCUT2D eigenvalue weighted by atomic mass is 9.77. The van der Waals surface area contributed by atoms with Gasteiger partial charge in [-0.25, -0.2) is 13.4 Å². The molecule has 196 valence electrons. The van der Waals surface area contributed by atoms with Crippen LogP contribution in [0.5, 0.6) is 5.75 Å². The molecule has 2 saturated heterocycles. The molecule has 36 heavy (non-hydrogen) atoms. The summed E-state index contributed by atoms with van der Waals surface area (Å²) in [6.45, 7) is 0.756. The number of aromatic nitrogens is 1. The van der Waals surface area contributed by atoms with Gasteiger partial charge < -0.3 is 19.6 Å². The molecule has 0 aliphatic carbocycles. The zero-order valence-electron chi connectivity index (χ0n) is 19.6. The number of pyridine rings is 1. The Morgan fingerprint density at radius 2 is 1.75 bits per heavy atom. The zero-order chi connectivity index (χ0) is 26.1. The molecule has 0 radical (unpaired) electrons. The second-order valence-electron chi connectivity index (χ2n) is 8.90. The number of aliphatic hydroxyl groups excluding tert-OH is 1. The van der Waals surface area contributed by atoms with Gasteiger partial charge in [-0.1, -0.05) is 0 Å². The number of carbonyl (C=O) groups is 1. The summed E-state index contributed by atoms with van der Waals surface area (Å²) in [5.41, 5.74) is -0.258. The third-order valence-corrected chi connectivity index (χ3v) is 8.66. The smallest absolute Gasteiger partial charge is 0.406 e. The van der Waals surface area contributed by atoms with Crippen LogP contribution < -0.4 is 14.5 Å². The van der Waals surface area contributed by atoms with Crippen molar-refractivity contribution in [3.05, 3.63) is 42.6 Å². The minimum atomic E-state index is -4.80. The maximum absolute atomic E-state index is 13.4. The fourth-order valence-corrected chi connectivity index (χ4v) is 6.41. The molecule has 1 aromatic carbocycles. The fourth-order valence-electron chi connectivity index (χ4n) is 4.78. The van der Waals surface area contributed by atoms with E-state index < -0.39 is 21.8 Å². The lowest BCUT2D eigenvalue weighted by Gasteiger charge is -2.37. The van der Waals surface area contributed by atoms with E-state index in [0.29, 0.717) is 31.5 Å². The van der Waals surface area contributed by atoms with E-state index in [1.807, 2.05) is 0 Å². The molecule has 0 unspecified atom stereocenters. The van der Waals surface area contributed by atoms with Crippen LogP contribution in [-0.4, -0.2) is 74.9 Å². The first-order valence-corrected chi connectivity index (χ1v) is 12.9. The molecule has 3 heterocycles. The monoisotopic (exact) mass is 528 g/mol. The largest absolute Gasteiger partial charge is 0.573 e. The molecule has 1 spiro atoms. The molecule has 2 fully saturated rings. The lowest BCUT2D eigenvalue weighted by molar-refractivity contribution is -0.274. The number of amides is 1. The average molecular weight is 529 g/mol. The Balaban J connectivity index is 1.46. The Kier molecular flexibility index (Phi) is 7.17. The summed E-state index contributed by atoms with van der Waals surface area (Å²) >= 11 is 0. The van der Waals surface area contributed by atoms with E-state index in [1.54, 1.807) is 11.9 Å². The van der Waals surface area contributed by atoms with E-state index in [0.717, 1.165) is 12.1 Å². The number of benzene rings is 1. The number of rotatable bonds is 7. The molecular formula is C23H27F3N4O5S. The van der Waals surface area contributed by atoms with Gasteiger partial charge in [-0.15, -0.1) is 13.2 Å². The Morgan fingerprint density at radius 3 is 2.36 bits per heavy atom. The molecule has 4 rings (SSSR count). The van der Waals surface area contributed by atoms with E-state index in [2.05, 4.69) is 9.72 Å². The number of sulfonamides is 1. The van der Waals surface area contributed by atoms with Crippen molar-refractivity contribution in [1.82, 2.24) is 9.29 Å². The van der Waals surface area contributed by atoms with E-state index in [9.17, 15) is 31.5 Å². The SMILES string of the molecule is CN(CCO)c1ncccc1S(=O)(=O)N1CCC2(CCN(c3ccc(OC(F)(F)F)cc3)C2=O)CC1. The summed E-state index contributed by atoms with van der Waals surface area (Å²) in [5.74, 6) is -0.285. The number of alkyl halides is 3. The highest BCUT2D eigenvalue weighted by Gasteiger charge is 2.50. The average Bonchev–Trinajstić information content (AvgIpc) is 3.14. The number of ether oxygens (including phenoxy) is 1. The minimum Gasteiger partial charge on any atom is -0.406 e. The van der Waals surface area contributed by atoms with Gasteiger partial charge in [0.05, 0.1) is 12.0 Å². The minimum absolute atomic E-state index is 0.0393. The van der Waals surface area contributed by atoms with Gasteiger partial charge in [0.25, 0.3) is 0 Å². The van der Waals surface area contributed by atoms with Crippen molar-refractivity contribution >= 4 is 27.4 Å². The van der Waals surface area contributed by atoms with Crippen molar-refractivity contribution in [2.75, 3.05) is 49.6 Å². The van der Waals surface area contributed by atoms with Crippen LogP contribution in [0, 0.1) is 5.41 Å². The maximum atomic E-state index is 13.4. The normalized spacial score (nSPS) is 18.6. The first-order valence-electron chi connectivity index (χ1n) is 11.4. The van der Waals surface area contributed by atoms with Crippen molar-refractivity contribution in [2.24, 2.45) is 5.41 Å². The Morgan fingerprint density at radius 1 is 1.11 bits per heavy atom. The third-order valence-electron chi connectivity index (χ3n) is 6.74. The number of aliphatic hydroxyl groups is 1. The standard InChI is InChI=1S/C23H27F3N4O5S/c1-28(15-16-31)20-19(3-2-11-27-20)36(33,34)29-12-8-22(9-13-29)10-14-30(21(22)32)17-4-6-18(7-5-17)35-23(24,25)26/h2-7,11,31H,8-10,12-16H2,1H3. The first kappa shape index (κ1) is 26.2. The second kappa shape index (κ2) is 9.87. The molecule has 0 atom stereocenters. The zero-order valence-corrected chi connectivity index (χ0v) is 20.4.